The van der Waals surface area contributed by atoms with Gasteiger partial charge in [-0.1, -0.05) is 55.3 Å². The number of hydrogen-bond donors (Lipinski definition) is 1. The van der Waals surface area contributed by atoms with Gasteiger partial charge in [-0.05, 0) is 36.1 Å². The average Bonchev–Trinajstić information content (AvgIpc) is 2.86. The molecule has 2 aromatic carbocycles. The number of unbranched alkanes of at least 4 members (excludes halogenated alkanes) is 1. The number of nitrogens with zero attached hydrogens (tertiary/aromatic N) is 1. The Balaban J connectivity index is 1.96. The maximum Gasteiger partial charge on any atom is 0.254 e. The number of benzene rings is 2. The van der Waals surface area contributed by atoms with E-state index >= 15 is 0 Å². The van der Waals surface area contributed by atoms with Crippen LogP contribution in [0.2, 0.25) is 5.02 Å². The highest BCUT2D eigenvalue weighted by atomic mass is 35.5. The third kappa shape index (κ3) is 3.75. The number of nitrogens with one attached hydrogen (secondary N) is 1. The number of anilines is 1. The van der Waals surface area contributed by atoms with Gasteiger partial charge in [-0.25, -0.2) is 0 Å². The number of aryl methyl sites for hydroxylation is 1. The molecule has 1 aliphatic heterocycles. The predicted molar refractivity (Wildman–Crippen MR) is 104 cm³/mol. The lowest BCUT2D eigenvalue weighted by molar-refractivity contribution is -0.126. The summed E-state index contributed by atoms with van der Waals surface area (Å²) in [6, 6.07) is 13.0. The van der Waals surface area contributed by atoms with Crippen molar-refractivity contribution in [3.8, 4) is 0 Å². The summed E-state index contributed by atoms with van der Waals surface area (Å²) >= 11 is 6.27. The molecule has 0 saturated carbocycles. The first-order chi connectivity index (χ1) is 12.5. The van der Waals surface area contributed by atoms with Crippen LogP contribution in [0.5, 0.6) is 0 Å². The van der Waals surface area contributed by atoms with E-state index in [1.165, 1.54) is 12.5 Å². The smallest absolute Gasteiger partial charge is 0.254 e. The van der Waals surface area contributed by atoms with E-state index in [1.807, 2.05) is 30.3 Å². The van der Waals surface area contributed by atoms with E-state index < -0.39 is 6.04 Å². The number of halogens is 1. The molecule has 0 bridgehead atoms. The summed E-state index contributed by atoms with van der Waals surface area (Å²) in [4.78, 5) is 26.3. The number of carbonyl (C=O) groups is 2. The van der Waals surface area contributed by atoms with Crippen LogP contribution in [0.3, 0.4) is 0 Å². The van der Waals surface area contributed by atoms with Crippen LogP contribution in [0.4, 0.5) is 5.69 Å². The van der Waals surface area contributed by atoms with Crippen molar-refractivity contribution in [2.75, 3.05) is 4.90 Å². The summed E-state index contributed by atoms with van der Waals surface area (Å²) in [5.74, 6) is -0.337. The second kappa shape index (κ2) is 7.92. The van der Waals surface area contributed by atoms with Crippen molar-refractivity contribution in [3.05, 3.63) is 64.2 Å². The predicted octanol–water partition coefficient (Wildman–Crippen LogP) is 4.41. The lowest BCUT2D eigenvalue weighted by atomic mass is 10.0. The van der Waals surface area contributed by atoms with Crippen LogP contribution in [0.15, 0.2) is 42.5 Å². The van der Waals surface area contributed by atoms with Crippen LogP contribution in [0, 0.1) is 0 Å². The normalized spacial score (nSPS) is 15.9. The monoisotopic (exact) mass is 370 g/mol. The molecule has 0 radical (unpaired) electrons. The molecule has 0 unspecified atom stereocenters. The van der Waals surface area contributed by atoms with Crippen molar-refractivity contribution in [2.24, 2.45) is 0 Å². The number of rotatable bonds is 6. The van der Waals surface area contributed by atoms with Crippen LogP contribution in [0.1, 0.15) is 49.4 Å². The maximum absolute atomic E-state index is 13.0. The lowest BCUT2D eigenvalue weighted by Gasteiger charge is -2.19. The van der Waals surface area contributed by atoms with Gasteiger partial charge in [-0.2, -0.15) is 0 Å². The number of fused-ring (bicyclic) bond motifs is 1. The van der Waals surface area contributed by atoms with E-state index in [0.29, 0.717) is 11.6 Å². The Morgan fingerprint density at radius 2 is 2.00 bits per heavy atom. The fourth-order valence-corrected chi connectivity index (χ4v) is 3.52. The zero-order valence-electron chi connectivity index (χ0n) is 15.1. The van der Waals surface area contributed by atoms with Gasteiger partial charge in [-0.15, -0.1) is 0 Å². The summed E-state index contributed by atoms with van der Waals surface area (Å²) in [5, 5.41) is 3.43. The van der Waals surface area contributed by atoms with Crippen molar-refractivity contribution in [3.63, 3.8) is 0 Å². The van der Waals surface area contributed by atoms with Gasteiger partial charge in [0.15, 0.2) is 0 Å². The first-order valence-electron chi connectivity index (χ1n) is 8.96. The van der Waals surface area contributed by atoms with Crippen LogP contribution in [0.25, 0.3) is 0 Å². The molecule has 0 saturated heterocycles. The summed E-state index contributed by atoms with van der Waals surface area (Å²) < 4.78 is 0. The highest BCUT2D eigenvalue weighted by Gasteiger charge is 2.38. The number of hydrogen-bond acceptors (Lipinski definition) is 2. The standard InChI is InChI=1S/C21H23ClN2O2/c1-3-4-7-15-10-11-19-17(12-15)20(23-14(2)25)21(26)24(19)13-16-8-5-6-9-18(16)22/h5-6,8-12,20H,3-4,7,13H2,1-2H3,(H,23,25)/t20-/m0/s1. The van der Waals surface area contributed by atoms with Crippen molar-refractivity contribution in [1.29, 1.82) is 0 Å². The Labute approximate surface area is 159 Å². The van der Waals surface area contributed by atoms with Crippen molar-refractivity contribution in [1.82, 2.24) is 5.32 Å². The van der Waals surface area contributed by atoms with E-state index in [0.717, 1.165) is 36.1 Å². The first-order valence-corrected chi connectivity index (χ1v) is 9.33. The van der Waals surface area contributed by atoms with Crippen LogP contribution in [-0.4, -0.2) is 11.8 Å². The molecule has 5 heteroatoms. The van der Waals surface area contributed by atoms with Gasteiger partial charge in [0.05, 0.1) is 6.54 Å². The highest BCUT2D eigenvalue weighted by Crippen LogP contribution is 2.38. The van der Waals surface area contributed by atoms with E-state index in [-0.39, 0.29) is 11.8 Å². The molecule has 136 valence electrons. The van der Waals surface area contributed by atoms with Gasteiger partial charge in [0.1, 0.15) is 6.04 Å². The topological polar surface area (TPSA) is 49.4 Å². The van der Waals surface area contributed by atoms with Gasteiger partial charge in [0, 0.05) is 23.2 Å². The van der Waals surface area contributed by atoms with Gasteiger partial charge >= 0.3 is 0 Å². The second-order valence-corrected chi connectivity index (χ2v) is 7.05. The van der Waals surface area contributed by atoms with Crippen LogP contribution >= 0.6 is 11.6 Å². The molecule has 1 aliphatic rings. The minimum atomic E-state index is -0.633. The Hall–Kier alpha value is -2.33. The molecule has 0 spiro atoms. The number of carbonyl (C=O) groups excluding carboxylic acids is 2. The number of amides is 2. The third-order valence-corrected chi connectivity index (χ3v) is 5.03. The summed E-state index contributed by atoms with van der Waals surface area (Å²) in [7, 11) is 0. The summed E-state index contributed by atoms with van der Waals surface area (Å²) in [5.41, 5.74) is 3.78. The van der Waals surface area contributed by atoms with Gasteiger partial charge < -0.3 is 10.2 Å². The maximum atomic E-state index is 13.0. The quantitative estimate of drug-likeness (QED) is 0.818. The van der Waals surface area contributed by atoms with Crippen LogP contribution in [-0.2, 0) is 22.6 Å². The van der Waals surface area contributed by atoms with E-state index in [9.17, 15) is 9.59 Å². The average molecular weight is 371 g/mol. The molecule has 2 aromatic rings. The fourth-order valence-electron chi connectivity index (χ4n) is 3.33. The minimum absolute atomic E-state index is 0.122. The molecule has 1 heterocycles. The van der Waals surface area contributed by atoms with E-state index in [4.69, 9.17) is 11.6 Å². The fraction of sp³-hybridized carbons (Fsp3) is 0.333. The Morgan fingerprint density at radius 3 is 2.69 bits per heavy atom. The molecule has 1 atom stereocenters. The molecule has 3 rings (SSSR count). The lowest BCUT2D eigenvalue weighted by Crippen LogP contribution is -2.36. The van der Waals surface area contributed by atoms with Gasteiger partial charge in [0.2, 0.25) is 5.91 Å². The Kier molecular flexibility index (Phi) is 5.62. The van der Waals surface area contributed by atoms with Crippen molar-refractivity contribution >= 4 is 29.1 Å². The minimum Gasteiger partial charge on any atom is -0.341 e. The highest BCUT2D eigenvalue weighted by molar-refractivity contribution is 6.31. The zero-order valence-corrected chi connectivity index (χ0v) is 15.8. The zero-order chi connectivity index (χ0) is 18.7. The van der Waals surface area contributed by atoms with Crippen molar-refractivity contribution < 1.29 is 9.59 Å². The Bertz CT molecular complexity index is 835. The Morgan fingerprint density at radius 1 is 1.23 bits per heavy atom. The molecule has 26 heavy (non-hydrogen) atoms. The molecule has 4 nitrogen and oxygen atoms in total. The molecular weight excluding hydrogens is 348 g/mol. The second-order valence-electron chi connectivity index (χ2n) is 6.65. The van der Waals surface area contributed by atoms with E-state index in [2.05, 4.69) is 24.4 Å². The van der Waals surface area contributed by atoms with Gasteiger partial charge in [-0.3, -0.25) is 9.59 Å². The molecule has 0 fully saturated rings. The van der Waals surface area contributed by atoms with Crippen molar-refractivity contribution in [2.45, 2.75) is 45.7 Å². The first kappa shape index (κ1) is 18.5. The van der Waals surface area contributed by atoms with E-state index in [1.54, 1.807) is 4.90 Å². The van der Waals surface area contributed by atoms with Crippen LogP contribution < -0.4 is 10.2 Å². The molecular formula is C21H23ClN2O2. The third-order valence-electron chi connectivity index (χ3n) is 4.66. The molecule has 0 aliphatic carbocycles. The summed E-state index contributed by atoms with van der Waals surface area (Å²) in [6.45, 7) is 3.98. The molecule has 0 aromatic heterocycles. The molecule has 1 N–H and O–H groups in total. The molecule has 2 amide bonds. The largest absolute Gasteiger partial charge is 0.341 e. The SMILES string of the molecule is CCCCc1ccc2c(c1)[C@H](NC(C)=O)C(=O)N2Cc1ccccc1Cl. The van der Waals surface area contributed by atoms with Gasteiger partial charge in [0.25, 0.3) is 5.91 Å². The summed E-state index contributed by atoms with van der Waals surface area (Å²) in [6.07, 6.45) is 3.18.